The van der Waals surface area contributed by atoms with Crippen LogP contribution in [0.5, 0.6) is 0 Å². The topological polar surface area (TPSA) is 107 Å². The van der Waals surface area contributed by atoms with E-state index in [-0.39, 0.29) is 23.7 Å². The predicted octanol–water partition coefficient (Wildman–Crippen LogP) is 0.983. The average molecular weight is 407 g/mol. The molecule has 1 aromatic rings. The molecule has 28 heavy (non-hydrogen) atoms. The van der Waals surface area contributed by atoms with E-state index in [2.05, 4.69) is 17.1 Å². The van der Waals surface area contributed by atoms with Gasteiger partial charge in [0.2, 0.25) is 0 Å². The Hall–Kier alpha value is -2.39. The minimum absolute atomic E-state index is 0.0659. The number of hydrogen-bond donors (Lipinski definition) is 2. The number of hydrogen-bond acceptors (Lipinski definition) is 7. The Balaban J connectivity index is 1.89. The maximum Gasteiger partial charge on any atom is 0.277 e. The van der Waals surface area contributed by atoms with E-state index in [1.54, 1.807) is 12.1 Å². The number of aliphatic hydroxyl groups excluding tert-OH is 1. The quantitative estimate of drug-likeness (QED) is 0.677. The fourth-order valence-corrected chi connectivity index (χ4v) is 4.35. The summed E-state index contributed by atoms with van der Waals surface area (Å²) in [5, 5.41) is 11.9. The van der Waals surface area contributed by atoms with Gasteiger partial charge in [-0.1, -0.05) is 6.92 Å². The van der Waals surface area contributed by atoms with Crippen molar-refractivity contribution in [1.29, 1.82) is 0 Å². The highest BCUT2D eigenvalue weighted by molar-refractivity contribution is 7.90. The van der Waals surface area contributed by atoms with Crippen LogP contribution in [0.3, 0.4) is 0 Å². The first-order valence-corrected chi connectivity index (χ1v) is 11.1. The van der Waals surface area contributed by atoms with Crippen LogP contribution in [-0.4, -0.2) is 62.7 Å². The number of nitrogens with one attached hydrogen (secondary N) is 1. The van der Waals surface area contributed by atoms with Gasteiger partial charge in [-0.05, 0) is 37.0 Å². The maximum absolute atomic E-state index is 12.3. The lowest BCUT2D eigenvalue weighted by Crippen LogP contribution is -2.34. The molecule has 2 aliphatic heterocycles. The van der Waals surface area contributed by atoms with Crippen LogP contribution in [-0.2, 0) is 19.4 Å². The van der Waals surface area contributed by atoms with Gasteiger partial charge in [0, 0.05) is 31.1 Å². The summed E-state index contributed by atoms with van der Waals surface area (Å²) < 4.78 is 24.5. The second kappa shape index (κ2) is 7.92. The highest BCUT2D eigenvalue weighted by Gasteiger charge is 2.31. The Morgan fingerprint density at radius 1 is 1.21 bits per heavy atom. The van der Waals surface area contributed by atoms with Crippen molar-refractivity contribution in [3.63, 3.8) is 0 Å². The number of sulfone groups is 1. The van der Waals surface area contributed by atoms with Crippen LogP contribution in [0.1, 0.15) is 19.8 Å². The lowest BCUT2D eigenvalue weighted by atomic mass is 9.99. The summed E-state index contributed by atoms with van der Waals surface area (Å²) in [6.45, 7) is 3.33. The van der Waals surface area contributed by atoms with Gasteiger partial charge >= 0.3 is 0 Å². The Morgan fingerprint density at radius 2 is 1.89 bits per heavy atom. The molecule has 152 valence electrons. The standard InChI is InChI=1S/C19H25N3O5S/c1-13-5-7-21(8-6-13)16-11-14(3-4-17(16)28(2,26)27)20-15-12-18(24)22(9-10-23)19(15)25/h3-4,11-13,20,23H,5-10H2,1-2H3. The number of benzene rings is 1. The lowest BCUT2D eigenvalue weighted by molar-refractivity contribution is -0.137. The van der Waals surface area contributed by atoms with Crippen LogP contribution >= 0.6 is 0 Å². The number of anilines is 2. The smallest absolute Gasteiger partial charge is 0.277 e. The first-order chi connectivity index (χ1) is 13.2. The molecule has 9 heteroatoms. The summed E-state index contributed by atoms with van der Waals surface area (Å²) in [4.78, 5) is 27.5. The van der Waals surface area contributed by atoms with Crippen LogP contribution in [0.15, 0.2) is 34.9 Å². The highest BCUT2D eigenvalue weighted by Crippen LogP contribution is 2.32. The van der Waals surface area contributed by atoms with Gasteiger partial charge in [0.15, 0.2) is 9.84 Å². The molecule has 0 saturated carbocycles. The lowest BCUT2D eigenvalue weighted by Gasteiger charge is -2.33. The van der Waals surface area contributed by atoms with Crippen molar-refractivity contribution in [2.75, 3.05) is 42.7 Å². The van der Waals surface area contributed by atoms with Crippen LogP contribution in [0.2, 0.25) is 0 Å². The van der Waals surface area contributed by atoms with Crippen LogP contribution in [0.25, 0.3) is 0 Å². The van der Waals surface area contributed by atoms with Gasteiger partial charge in [0.1, 0.15) is 5.70 Å². The van der Waals surface area contributed by atoms with E-state index in [1.807, 2.05) is 0 Å². The van der Waals surface area contributed by atoms with Gasteiger partial charge in [-0.3, -0.25) is 14.5 Å². The molecule has 1 saturated heterocycles. The molecule has 1 aromatic carbocycles. The summed E-state index contributed by atoms with van der Waals surface area (Å²) in [5.74, 6) is -0.400. The van der Waals surface area contributed by atoms with Crippen LogP contribution in [0, 0.1) is 5.92 Å². The fraction of sp³-hybridized carbons (Fsp3) is 0.474. The summed E-state index contributed by atoms with van der Waals surface area (Å²) in [6, 6.07) is 4.82. The molecule has 0 aliphatic carbocycles. The zero-order chi connectivity index (χ0) is 20.5. The average Bonchev–Trinajstić information content (AvgIpc) is 2.89. The van der Waals surface area contributed by atoms with E-state index in [4.69, 9.17) is 5.11 Å². The number of nitrogens with zero attached hydrogens (tertiary/aromatic N) is 2. The van der Waals surface area contributed by atoms with E-state index in [9.17, 15) is 18.0 Å². The molecule has 2 amide bonds. The predicted molar refractivity (Wildman–Crippen MR) is 106 cm³/mol. The molecule has 0 aromatic heterocycles. The van der Waals surface area contributed by atoms with Gasteiger partial charge in [-0.2, -0.15) is 0 Å². The van der Waals surface area contributed by atoms with Gasteiger partial charge in [-0.15, -0.1) is 0 Å². The molecule has 2 heterocycles. The third-order valence-corrected chi connectivity index (χ3v) is 6.24. The Bertz CT molecular complexity index is 917. The molecule has 8 nitrogen and oxygen atoms in total. The maximum atomic E-state index is 12.3. The van der Waals surface area contributed by atoms with Gasteiger partial charge in [0.25, 0.3) is 11.8 Å². The summed E-state index contributed by atoms with van der Waals surface area (Å²) in [5.41, 5.74) is 1.23. The summed E-state index contributed by atoms with van der Waals surface area (Å²) in [6.07, 6.45) is 4.33. The fourth-order valence-electron chi connectivity index (χ4n) is 3.47. The molecule has 0 unspecified atom stereocenters. The van der Waals surface area contributed by atoms with E-state index in [0.717, 1.165) is 30.8 Å². The van der Waals surface area contributed by atoms with Crippen molar-refractivity contribution < 1.29 is 23.1 Å². The first kappa shape index (κ1) is 20.3. The summed E-state index contributed by atoms with van der Waals surface area (Å²) in [7, 11) is -3.42. The molecule has 0 radical (unpaired) electrons. The van der Waals surface area contributed by atoms with Crippen molar-refractivity contribution in [3.05, 3.63) is 30.0 Å². The monoisotopic (exact) mass is 407 g/mol. The van der Waals surface area contributed by atoms with E-state index < -0.39 is 21.7 Å². The van der Waals surface area contributed by atoms with Crippen molar-refractivity contribution in [3.8, 4) is 0 Å². The summed E-state index contributed by atoms with van der Waals surface area (Å²) >= 11 is 0. The number of carbonyl (C=O) groups is 2. The Kier molecular flexibility index (Phi) is 5.76. The molecule has 0 atom stereocenters. The molecule has 0 bridgehead atoms. The molecule has 1 fully saturated rings. The van der Waals surface area contributed by atoms with Crippen molar-refractivity contribution >= 4 is 33.0 Å². The molecule has 3 rings (SSSR count). The number of rotatable bonds is 6. The number of β-amino-alcohol motifs (C(OH)–C–C–N with tert-alkyl or cyclic N) is 1. The molecular weight excluding hydrogens is 382 g/mol. The Labute approximate surface area is 164 Å². The Morgan fingerprint density at radius 3 is 2.50 bits per heavy atom. The number of carbonyl (C=O) groups excluding carboxylic acids is 2. The SMILES string of the molecule is CC1CCN(c2cc(NC3=CC(=O)N(CCO)C3=O)ccc2S(C)(=O)=O)CC1. The second-order valence-electron chi connectivity index (χ2n) is 7.33. The zero-order valence-corrected chi connectivity index (χ0v) is 16.8. The zero-order valence-electron chi connectivity index (χ0n) is 16.0. The largest absolute Gasteiger partial charge is 0.395 e. The molecule has 0 spiro atoms. The molecule has 2 aliphatic rings. The number of amides is 2. The van der Waals surface area contributed by atoms with E-state index in [1.165, 1.54) is 18.4 Å². The highest BCUT2D eigenvalue weighted by atomic mass is 32.2. The van der Waals surface area contributed by atoms with Gasteiger partial charge in [0.05, 0.1) is 23.7 Å². The molecular formula is C19H25N3O5S. The van der Waals surface area contributed by atoms with Crippen molar-refractivity contribution in [1.82, 2.24) is 4.90 Å². The van der Waals surface area contributed by atoms with Crippen LogP contribution in [0.4, 0.5) is 11.4 Å². The third-order valence-electron chi connectivity index (χ3n) is 5.09. The van der Waals surface area contributed by atoms with Crippen LogP contribution < -0.4 is 10.2 Å². The van der Waals surface area contributed by atoms with Gasteiger partial charge in [-0.25, -0.2) is 8.42 Å². The van der Waals surface area contributed by atoms with Gasteiger partial charge < -0.3 is 15.3 Å². The number of aliphatic hydroxyl groups is 1. The first-order valence-electron chi connectivity index (χ1n) is 9.25. The molecule has 2 N–H and O–H groups in total. The van der Waals surface area contributed by atoms with Crippen molar-refractivity contribution in [2.24, 2.45) is 5.92 Å². The number of piperidine rings is 1. The minimum atomic E-state index is -3.42. The van der Waals surface area contributed by atoms with E-state index >= 15 is 0 Å². The normalized spacial score (nSPS) is 18.6. The number of imide groups is 1. The third kappa shape index (κ3) is 4.20. The minimum Gasteiger partial charge on any atom is -0.395 e. The second-order valence-corrected chi connectivity index (χ2v) is 9.31. The van der Waals surface area contributed by atoms with E-state index in [0.29, 0.717) is 17.3 Å². The van der Waals surface area contributed by atoms with Crippen molar-refractivity contribution in [2.45, 2.75) is 24.7 Å².